The summed E-state index contributed by atoms with van der Waals surface area (Å²) in [6.07, 6.45) is 5.09. The second-order valence-corrected chi connectivity index (χ2v) is 5.97. The summed E-state index contributed by atoms with van der Waals surface area (Å²) in [5, 5.41) is 13.2. The molecule has 0 spiro atoms. The molecule has 1 saturated carbocycles. The standard InChI is InChI=1S/C15H22N2O3/c1-10-4-3-5-15(20,7-10)9-17-14(19)13-6-12(8-16-13)11(2)18/h6,8,10,16,20H,3-5,7,9H2,1-2H3,(H,17,19). The Labute approximate surface area is 118 Å². The Balaban J connectivity index is 1.92. The first-order chi connectivity index (χ1) is 9.39. The number of hydrogen-bond acceptors (Lipinski definition) is 3. The Hall–Kier alpha value is -1.62. The van der Waals surface area contributed by atoms with Crippen LogP contribution in [-0.2, 0) is 0 Å². The summed E-state index contributed by atoms with van der Waals surface area (Å²) in [5.74, 6) is 0.115. The van der Waals surface area contributed by atoms with Crippen LogP contribution in [0.1, 0.15) is 60.4 Å². The average molecular weight is 278 g/mol. The van der Waals surface area contributed by atoms with Gasteiger partial charge in [0.25, 0.3) is 5.91 Å². The third-order valence-electron chi connectivity index (χ3n) is 3.98. The van der Waals surface area contributed by atoms with Crippen molar-refractivity contribution < 1.29 is 14.7 Å². The van der Waals surface area contributed by atoms with Gasteiger partial charge in [-0.1, -0.05) is 19.8 Å². The van der Waals surface area contributed by atoms with E-state index in [0.29, 0.717) is 17.2 Å². The summed E-state index contributed by atoms with van der Waals surface area (Å²) >= 11 is 0. The fourth-order valence-corrected chi connectivity index (χ4v) is 2.86. The van der Waals surface area contributed by atoms with Gasteiger partial charge in [-0.25, -0.2) is 0 Å². The summed E-state index contributed by atoms with van der Waals surface area (Å²) in [4.78, 5) is 25.9. The lowest BCUT2D eigenvalue weighted by Crippen LogP contribution is -2.45. The van der Waals surface area contributed by atoms with Gasteiger partial charge in [0.1, 0.15) is 5.69 Å². The number of aromatic nitrogens is 1. The van der Waals surface area contributed by atoms with Gasteiger partial charge in [0.05, 0.1) is 5.60 Å². The van der Waals surface area contributed by atoms with Crippen molar-refractivity contribution in [2.24, 2.45) is 5.92 Å². The number of rotatable bonds is 4. The minimum Gasteiger partial charge on any atom is -0.388 e. The molecule has 5 heteroatoms. The number of H-pyrrole nitrogens is 1. The van der Waals surface area contributed by atoms with Crippen LogP contribution in [0.5, 0.6) is 0 Å². The lowest BCUT2D eigenvalue weighted by molar-refractivity contribution is -0.0109. The number of amides is 1. The minimum absolute atomic E-state index is 0.0833. The van der Waals surface area contributed by atoms with Gasteiger partial charge in [0.2, 0.25) is 0 Å². The summed E-state index contributed by atoms with van der Waals surface area (Å²) in [5.41, 5.74) is 0.0337. The van der Waals surface area contributed by atoms with Crippen LogP contribution in [-0.4, -0.2) is 33.9 Å². The Bertz CT molecular complexity index is 509. The van der Waals surface area contributed by atoms with Crippen molar-refractivity contribution in [2.45, 2.75) is 45.1 Å². The third kappa shape index (κ3) is 3.48. The highest BCUT2D eigenvalue weighted by atomic mass is 16.3. The maximum Gasteiger partial charge on any atom is 0.267 e. The van der Waals surface area contributed by atoms with E-state index < -0.39 is 5.60 Å². The number of carbonyl (C=O) groups is 2. The minimum atomic E-state index is -0.802. The van der Waals surface area contributed by atoms with E-state index >= 15 is 0 Å². The number of Topliss-reactive ketones (excluding diaryl/α,β-unsaturated/α-hetero) is 1. The zero-order valence-corrected chi connectivity index (χ0v) is 12.0. The SMILES string of the molecule is CC(=O)c1c[nH]c(C(=O)NCC2(O)CCCC(C)C2)c1. The zero-order valence-electron chi connectivity index (χ0n) is 12.0. The Morgan fingerprint density at radius 2 is 2.30 bits per heavy atom. The van der Waals surface area contributed by atoms with Crippen molar-refractivity contribution in [2.75, 3.05) is 6.54 Å². The quantitative estimate of drug-likeness (QED) is 0.735. The molecule has 2 unspecified atom stereocenters. The molecule has 1 aliphatic rings. The van der Waals surface area contributed by atoms with E-state index in [-0.39, 0.29) is 18.2 Å². The van der Waals surface area contributed by atoms with Crippen LogP contribution in [0.25, 0.3) is 0 Å². The van der Waals surface area contributed by atoms with Crippen LogP contribution in [0.15, 0.2) is 12.3 Å². The lowest BCUT2D eigenvalue weighted by atomic mass is 9.79. The van der Waals surface area contributed by atoms with Gasteiger partial charge in [0.15, 0.2) is 5.78 Å². The molecule has 1 aromatic heterocycles. The van der Waals surface area contributed by atoms with E-state index in [1.807, 2.05) is 0 Å². The van der Waals surface area contributed by atoms with Crippen molar-refractivity contribution in [1.29, 1.82) is 0 Å². The Morgan fingerprint density at radius 1 is 1.55 bits per heavy atom. The molecule has 1 aliphatic carbocycles. The van der Waals surface area contributed by atoms with Crippen molar-refractivity contribution in [1.82, 2.24) is 10.3 Å². The van der Waals surface area contributed by atoms with Gasteiger partial charge >= 0.3 is 0 Å². The Morgan fingerprint density at radius 3 is 2.90 bits per heavy atom. The number of aromatic amines is 1. The maximum atomic E-state index is 12.0. The van der Waals surface area contributed by atoms with Crippen LogP contribution in [0.2, 0.25) is 0 Å². The molecule has 2 atom stereocenters. The van der Waals surface area contributed by atoms with E-state index in [0.717, 1.165) is 25.7 Å². The normalized spacial score (nSPS) is 26.2. The Kier molecular flexibility index (Phi) is 4.28. The van der Waals surface area contributed by atoms with E-state index in [2.05, 4.69) is 17.2 Å². The first-order valence-corrected chi connectivity index (χ1v) is 7.09. The fraction of sp³-hybridized carbons (Fsp3) is 0.600. The van der Waals surface area contributed by atoms with Crippen LogP contribution in [0.3, 0.4) is 0 Å². The number of nitrogens with one attached hydrogen (secondary N) is 2. The summed E-state index contributed by atoms with van der Waals surface area (Å²) < 4.78 is 0. The van der Waals surface area contributed by atoms with E-state index in [1.165, 1.54) is 19.2 Å². The molecule has 1 amide bonds. The zero-order chi connectivity index (χ0) is 14.8. The van der Waals surface area contributed by atoms with Gasteiger partial charge in [-0.2, -0.15) is 0 Å². The van der Waals surface area contributed by atoms with Crippen molar-refractivity contribution in [3.8, 4) is 0 Å². The monoisotopic (exact) mass is 278 g/mol. The molecule has 1 heterocycles. The predicted molar refractivity (Wildman–Crippen MR) is 75.7 cm³/mol. The molecular formula is C15H22N2O3. The molecule has 1 aromatic rings. The van der Waals surface area contributed by atoms with Crippen LogP contribution in [0.4, 0.5) is 0 Å². The molecule has 0 aliphatic heterocycles. The summed E-state index contributed by atoms with van der Waals surface area (Å²) in [6, 6.07) is 1.53. The molecule has 2 rings (SSSR count). The molecule has 20 heavy (non-hydrogen) atoms. The van der Waals surface area contributed by atoms with Gasteiger partial charge in [-0.3, -0.25) is 9.59 Å². The topological polar surface area (TPSA) is 82.2 Å². The van der Waals surface area contributed by atoms with Crippen molar-refractivity contribution in [3.05, 3.63) is 23.5 Å². The number of ketones is 1. The van der Waals surface area contributed by atoms with E-state index in [4.69, 9.17) is 0 Å². The maximum absolute atomic E-state index is 12.0. The molecular weight excluding hydrogens is 256 g/mol. The second-order valence-electron chi connectivity index (χ2n) is 5.97. The van der Waals surface area contributed by atoms with Crippen LogP contribution >= 0.6 is 0 Å². The van der Waals surface area contributed by atoms with Crippen molar-refractivity contribution in [3.63, 3.8) is 0 Å². The summed E-state index contributed by atoms with van der Waals surface area (Å²) in [6.45, 7) is 3.83. The van der Waals surface area contributed by atoms with Crippen molar-refractivity contribution >= 4 is 11.7 Å². The van der Waals surface area contributed by atoms with Gasteiger partial charge in [0, 0.05) is 18.3 Å². The van der Waals surface area contributed by atoms with Crippen LogP contribution < -0.4 is 5.32 Å². The smallest absolute Gasteiger partial charge is 0.267 e. The molecule has 5 nitrogen and oxygen atoms in total. The summed E-state index contributed by atoms with van der Waals surface area (Å²) in [7, 11) is 0. The molecule has 0 radical (unpaired) electrons. The third-order valence-corrected chi connectivity index (χ3v) is 3.98. The largest absolute Gasteiger partial charge is 0.388 e. The average Bonchev–Trinajstić information content (AvgIpc) is 2.85. The number of hydrogen-bond donors (Lipinski definition) is 3. The van der Waals surface area contributed by atoms with E-state index in [9.17, 15) is 14.7 Å². The highest BCUT2D eigenvalue weighted by molar-refractivity contribution is 5.99. The van der Waals surface area contributed by atoms with E-state index in [1.54, 1.807) is 0 Å². The molecule has 0 saturated heterocycles. The lowest BCUT2D eigenvalue weighted by Gasteiger charge is -2.35. The predicted octanol–water partition coefficient (Wildman–Crippen LogP) is 1.89. The molecule has 0 aromatic carbocycles. The van der Waals surface area contributed by atoms with Gasteiger partial charge in [-0.15, -0.1) is 0 Å². The highest BCUT2D eigenvalue weighted by Crippen LogP contribution is 2.31. The first-order valence-electron chi connectivity index (χ1n) is 7.09. The molecule has 0 bridgehead atoms. The second kappa shape index (κ2) is 5.79. The first kappa shape index (κ1) is 14.8. The van der Waals surface area contributed by atoms with Gasteiger partial charge in [-0.05, 0) is 31.7 Å². The molecule has 110 valence electrons. The fourth-order valence-electron chi connectivity index (χ4n) is 2.86. The van der Waals surface area contributed by atoms with Gasteiger partial charge < -0.3 is 15.4 Å². The number of aliphatic hydroxyl groups is 1. The molecule has 1 fully saturated rings. The number of carbonyl (C=O) groups excluding carboxylic acids is 2. The molecule has 3 N–H and O–H groups in total. The highest BCUT2D eigenvalue weighted by Gasteiger charge is 2.33. The van der Waals surface area contributed by atoms with Crippen LogP contribution in [0, 0.1) is 5.92 Å².